The zero-order valence-electron chi connectivity index (χ0n) is 12.3. The van der Waals surface area contributed by atoms with Gasteiger partial charge >= 0.3 is 0 Å². The molecular weight excluding hydrogens is 296 g/mol. The van der Waals surface area contributed by atoms with E-state index in [0.29, 0.717) is 17.5 Å². The highest BCUT2D eigenvalue weighted by Crippen LogP contribution is 2.24. The summed E-state index contributed by atoms with van der Waals surface area (Å²) in [6.45, 7) is 1.88. The minimum absolute atomic E-state index is 0.0503. The molecule has 7 heteroatoms. The molecule has 116 valence electrons. The van der Waals surface area contributed by atoms with Crippen molar-refractivity contribution in [1.82, 2.24) is 9.97 Å². The number of oxazole rings is 1. The summed E-state index contributed by atoms with van der Waals surface area (Å²) < 4.78 is 5.76. The fraction of sp³-hybridized carbons (Fsp3) is 0.125. The molecule has 3 aromatic rings. The fourth-order valence-corrected chi connectivity index (χ4v) is 2.09. The molecule has 1 atom stereocenters. The van der Waals surface area contributed by atoms with Crippen molar-refractivity contribution < 1.29 is 9.34 Å². The van der Waals surface area contributed by atoms with Crippen LogP contribution in [-0.2, 0) is 0 Å². The van der Waals surface area contributed by atoms with E-state index in [4.69, 9.17) is 4.42 Å². The standard InChI is InChI=1S/C16H14N4O3/c1-11(19-15-8-7-13(9-17-15)20(21)22)16-18-10-14(23-16)12-5-3-2-4-6-12/h2-11H,1H3,(H,17,19). The monoisotopic (exact) mass is 310 g/mol. The van der Waals surface area contributed by atoms with E-state index >= 15 is 0 Å². The maximum absolute atomic E-state index is 10.6. The van der Waals surface area contributed by atoms with Crippen LogP contribution >= 0.6 is 0 Å². The van der Waals surface area contributed by atoms with Crippen LogP contribution in [0.25, 0.3) is 11.3 Å². The molecule has 1 N–H and O–H groups in total. The molecule has 0 aliphatic heterocycles. The minimum Gasteiger partial charge on any atom is -0.438 e. The molecule has 1 aromatic carbocycles. The van der Waals surface area contributed by atoms with E-state index in [2.05, 4.69) is 15.3 Å². The first-order chi connectivity index (χ1) is 11.1. The van der Waals surface area contributed by atoms with Crippen molar-refractivity contribution in [1.29, 1.82) is 0 Å². The second-order valence-electron chi connectivity index (χ2n) is 4.95. The first kappa shape index (κ1) is 14.7. The van der Waals surface area contributed by atoms with E-state index in [9.17, 15) is 10.1 Å². The Bertz CT molecular complexity index is 800. The summed E-state index contributed by atoms with van der Waals surface area (Å²) in [5.41, 5.74) is 0.901. The van der Waals surface area contributed by atoms with E-state index in [0.717, 1.165) is 5.56 Å². The third-order valence-corrected chi connectivity index (χ3v) is 3.28. The molecule has 0 aliphatic rings. The highest BCUT2D eigenvalue weighted by molar-refractivity contribution is 5.56. The van der Waals surface area contributed by atoms with Gasteiger partial charge < -0.3 is 9.73 Å². The van der Waals surface area contributed by atoms with E-state index in [1.54, 1.807) is 12.3 Å². The fourth-order valence-electron chi connectivity index (χ4n) is 2.09. The summed E-state index contributed by atoms with van der Waals surface area (Å²) in [6.07, 6.45) is 2.88. The van der Waals surface area contributed by atoms with Crippen LogP contribution in [-0.4, -0.2) is 14.9 Å². The lowest BCUT2D eigenvalue weighted by Gasteiger charge is -2.10. The third-order valence-electron chi connectivity index (χ3n) is 3.28. The summed E-state index contributed by atoms with van der Waals surface area (Å²) >= 11 is 0. The van der Waals surface area contributed by atoms with Crippen LogP contribution in [0.5, 0.6) is 0 Å². The molecule has 0 aliphatic carbocycles. The minimum atomic E-state index is -0.486. The molecule has 2 heterocycles. The maximum atomic E-state index is 10.6. The van der Waals surface area contributed by atoms with Crippen LogP contribution in [0.15, 0.2) is 59.3 Å². The Labute approximate surface area is 132 Å². The van der Waals surface area contributed by atoms with Crippen molar-refractivity contribution in [3.05, 3.63) is 70.9 Å². The van der Waals surface area contributed by atoms with Gasteiger partial charge in [-0.05, 0) is 13.0 Å². The second kappa shape index (κ2) is 6.27. The molecule has 3 rings (SSSR count). The number of pyridine rings is 1. The Morgan fingerprint density at radius 3 is 2.57 bits per heavy atom. The van der Waals surface area contributed by atoms with Crippen LogP contribution in [0.1, 0.15) is 18.9 Å². The topological polar surface area (TPSA) is 94.1 Å². The molecule has 0 spiro atoms. The summed E-state index contributed by atoms with van der Waals surface area (Å²) in [6, 6.07) is 12.4. The number of hydrogen-bond donors (Lipinski definition) is 1. The quantitative estimate of drug-likeness (QED) is 0.568. The maximum Gasteiger partial charge on any atom is 0.287 e. The zero-order valence-corrected chi connectivity index (χ0v) is 12.3. The number of aromatic nitrogens is 2. The highest BCUT2D eigenvalue weighted by atomic mass is 16.6. The molecular formula is C16H14N4O3. The number of rotatable bonds is 5. The van der Waals surface area contributed by atoms with E-state index in [1.807, 2.05) is 37.3 Å². The first-order valence-electron chi connectivity index (χ1n) is 7.01. The molecule has 0 saturated carbocycles. The van der Waals surface area contributed by atoms with Crippen LogP contribution in [0.2, 0.25) is 0 Å². The molecule has 0 bridgehead atoms. The Balaban J connectivity index is 1.72. The first-order valence-corrected chi connectivity index (χ1v) is 7.01. The van der Waals surface area contributed by atoms with E-state index in [-0.39, 0.29) is 11.7 Å². The Morgan fingerprint density at radius 1 is 1.13 bits per heavy atom. The average molecular weight is 310 g/mol. The highest BCUT2D eigenvalue weighted by Gasteiger charge is 2.14. The van der Waals surface area contributed by atoms with Crippen molar-refractivity contribution >= 4 is 11.5 Å². The molecule has 1 unspecified atom stereocenters. The molecule has 2 aromatic heterocycles. The van der Waals surface area contributed by atoms with Gasteiger partial charge in [-0.3, -0.25) is 10.1 Å². The summed E-state index contributed by atoms with van der Waals surface area (Å²) in [7, 11) is 0. The van der Waals surface area contributed by atoms with Crippen LogP contribution in [0.3, 0.4) is 0 Å². The third kappa shape index (κ3) is 3.34. The zero-order chi connectivity index (χ0) is 16.2. The number of nitrogens with one attached hydrogen (secondary N) is 1. The van der Waals surface area contributed by atoms with Crippen LogP contribution < -0.4 is 5.32 Å². The number of nitro groups is 1. The Kier molecular flexibility index (Phi) is 4.01. The van der Waals surface area contributed by atoms with Crippen molar-refractivity contribution in [3.8, 4) is 11.3 Å². The van der Waals surface area contributed by atoms with E-state index < -0.39 is 4.92 Å². The van der Waals surface area contributed by atoms with Crippen molar-refractivity contribution in [3.63, 3.8) is 0 Å². The number of anilines is 1. The number of nitrogens with zero attached hydrogens (tertiary/aromatic N) is 3. The Hall–Kier alpha value is -3.22. The average Bonchev–Trinajstić information content (AvgIpc) is 3.06. The molecule has 0 fully saturated rings. The van der Waals surface area contributed by atoms with Gasteiger partial charge in [-0.25, -0.2) is 9.97 Å². The summed E-state index contributed by atoms with van der Waals surface area (Å²) in [5, 5.41) is 13.7. The Morgan fingerprint density at radius 2 is 1.91 bits per heavy atom. The van der Waals surface area contributed by atoms with Gasteiger partial charge in [0.2, 0.25) is 5.89 Å². The van der Waals surface area contributed by atoms with Crippen LogP contribution in [0, 0.1) is 10.1 Å². The van der Waals surface area contributed by atoms with Crippen molar-refractivity contribution in [2.45, 2.75) is 13.0 Å². The SMILES string of the molecule is CC(Nc1ccc([N+](=O)[O-])cn1)c1ncc(-c2ccccc2)o1. The van der Waals surface area contributed by atoms with Gasteiger partial charge in [-0.15, -0.1) is 0 Å². The lowest BCUT2D eigenvalue weighted by molar-refractivity contribution is -0.385. The molecule has 0 saturated heterocycles. The van der Waals surface area contributed by atoms with E-state index in [1.165, 1.54) is 12.3 Å². The molecule has 23 heavy (non-hydrogen) atoms. The molecule has 7 nitrogen and oxygen atoms in total. The summed E-state index contributed by atoms with van der Waals surface area (Å²) in [4.78, 5) is 18.4. The lowest BCUT2D eigenvalue weighted by atomic mass is 10.2. The predicted octanol–water partition coefficient (Wildman–Crippen LogP) is 3.82. The van der Waals surface area contributed by atoms with Gasteiger partial charge in [0, 0.05) is 11.6 Å². The second-order valence-corrected chi connectivity index (χ2v) is 4.95. The molecule has 0 amide bonds. The van der Waals surface area contributed by atoms with Gasteiger partial charge in [0.05, 0.1) is 11.1 Å². The van der Waals surface area contributed by atoms with Crippen molar-refractivity contribution in [2.24, 2.45) is 0 Å². The summed E-state index contributed by atoms with van der Waals surface area (Å²) in [5.74, 6) is 1.72. The van der Waals surface area contributed by atoms with Crippen LogP contribution in [0.4, 0.5) is 11.5 Å². The smallest absolute Gasteiger partial charge is 0.287 e. The normalized spacial score (nSPS) is 11.9. The molecule has 0 radical (unpaired) electrons. The lowest BCUT2D eigenvalue weighted by Crippen LogP contribution is -2.08. The van der Waals surface area contributed by atoms with Gasteiger partial charge in [0.25, 0.3) is 5.69 Å². The van der Waals surface area contributed by atoms with Gasteiger partial charge in [0.1, 0.15) is 18.1 Å². The largest absolute Gasteiger partial charge is 0.438 e. The number of benzene rings is 1. The van der Waals surface area contributed by atoms with Crippen molar-refractivity contribution in [2.75, 3.05) is 5.32 Å². The predicted molar refractivity (Wildman–Crippen MR) is 84.9 cm³/mol. The van der Waals surface area contributed by atoms with Gasteiger partial charge in [-0.2, -0.15) is 0 Å². The number of hydrogen-bond acceptors (Lipinski definition) is 6. The van der Waals surface area contributed by atoms with Gasteiger partial charge in [-0.1, -0.05) is 30.3 Å². The van der Waals surface area contributed by atoms with Gasteiger partial charge in [0.15, 0.2) is 5.76 Å².